The number of thiophene rings is 1. The molecule has 1 saturated heterocycles. The molecular formula is C15H18N2O2S. The van der Waals surface area contributed by atoms with Crippen LogP contribution < -0.4 is 0 Å². The van der Waals surface area contributed by atoms with E-state index in [4.69, 9.17) is 4.52 Å². The maximum atomic E-state index is 12.5. The van der Waals surface area contributed by atoms with Crippen molar-refractivity contribution in [2.45, 2.75) is 39.2 Å². The molecule has 0 spiro atoms. The standard InChI is InChI=1S/C15H18N2O2S/c1-10-8-13(16-19-10)14-4-3-7-17(14)15(18)9-12-6-5-11(2)20-12/h5-6,8,14H,3-4,7,9H2,1-2H3/t14-/m0/s1. The van der Waals surface area contributed by atoms with Gasteiger partial charge in [0.1, 0.15) is 11.5 Å². The lowest BCUT2D eigenvalue weighted by Gasteiger charge is -2.22. The summed E-state index contributed by atoms with van der Waals surface area (Å²) in [6.45, 7) is 4.77. The molecule has 0 unspecified atom stereocenters. The van der Waals surface area contributed by atoms with Gasteiger partial charge in [0.2, 0.25) is 5.91 Å². The molecule has 3 rings (SSSR count). The lowest BCUT2D eigenvalue weighted by molar-refractivity contribution is -0.131. The third kappa shape index (κ3) is 2.63. The Morgan fingerprint density at radius 1 is 1.50 bits per heavy atom. The van der Waals surface area contributed by atoms with Gasteiger partial charge in [-0.2, -0.15) is 0 Å². The Morgan fingerprint density at radius 2 is 2.35 bits per heavy atom. The highest BCUT2D eigenvalue weighted by Gasteiger charge is 2.31. The minimum absolute atomic E-state index is 0.0843. The number of rotatable bonds is 3. The average Bonchev–Trinajstić information content (AvgIpc) is 3.09. The molecule has 20 heavy (non-hydrogen) atoms. The van der Waals surface area contributed by atoms with Crippen LogP contribution in [-0.4, -0.2) is 22.5 Å². The molecule has 2 aromatic heterocycles. The fourth-order valence-corrected chi connectivity index (χ4v) is 3.63. The molecule has 0 bridgehead atoms. The van der Waals surface area contributed by atoms with Crippen LogP contribution in [0.3, 0.4) is 0 Å². The second kappa shape index (κ2) is 5.40. The first-order valence-electron chi connectivity index (χ1n) is 6.91. The second-order valence-electron chi connectivity index (χ2n) is 5.30. The van der Waals surface area contributed by atoms with Gasteiger partial charge in [0.15, 0.2) is 0 Å². The van der Waals surface area contributed by atoms with Crippen molar-refractivity contribution in [3.8, 4) is 0 Å². The Hall–Kier alpha value is -1.62. The van der Waals surface area contributed by atoms with Gasteiger partial charge in [-0.1, -0.05) is 5.16 Å². The Kier molecular flexibility index (Phi) is 3.61. The van der Waals surface area contributed by atoms with Gasteiger partial charge in [0, 0.05) is 22.4 Å². The summed E-state index contributed by atoms with van der Waals surface area (Å²) in [7, 11) is 0. The number of amides is 1. The fraction of sp³-hybridized carbons (Fsp3) is 0.467. The molecule has 1 aliphatic heterocycles. The first-order valence-corrected chi connectivity index (χ1v) is 7.73. The maximum Gasteiger partial charge on any atom is 0.228 e. The van der Waals surface area contributed by atoms with Crippen LogP contribution in [0, 0.1) is 13.8 Å². The average molecular weight is 290 g/mol. The van der Waals surface area contributed by atoms with Crippen molar-refractivity contribution < 1.29 is 9.32 Å². The van der Waals surface area contributed by atoms with Crippen molar-refractivity contribution in [3.63, 3.8) is 0 Å². The third-order valence-electron chi connectivity index (χ3n) is 3.68. The lowest BCUT2D eigenvalue weighted by Crippen LogP contribution is -2.31. The van der Waals surface area contributed by atoms with E-state index in [9.17, 15) is 4.79 Å². The van der Waals surface area contributed by atoms with E-state index in [2.05, 4.69) is 18.1 Å². The first-order chi connectivity index (χ1) is 9.63. The number of aryl methyl sites for hydroxylation is 2. The number of nitrogens with zero attached hydrogens (tertiary/aromatic N) is 2. The monoisotopic (exact) mass is 290 g/mol. The van der Waals surface area contributed by atoms with E-state index in [1.54, 1.807) is 11.3 Å². The van der Waals surface area contributed by atoms with Crippen LogP contribution >= 0.6 is 11.3 Å². The Balaban J connectivity index is 1.73. The van der Waals surface area contributed by atoms with Crippen LogP contribution in [0.2, 0.25) is 0 Å². The molecule has 5 heteroatoms. The Labute approximate surface area is 122 Å². The van der Waals surface area contributed by atoms with Crippen LogP contribution in [0.1, 0.15) is 40.1 Å². The molecule has 3 heterocycles. The van der Waals surface area contributed by atoms with Crippen LogP contribution in [0.5, 0.6) is 0 Å². The first kappa shape index (κ1) is 13.4. The van der Waals surface area contributed by atoms with Crippen molar-refractivity contribution in [2.24, 2.45) is 0 Å². The Bertz CT molecular complexity index is 617. The van der Waals surface area contributed by atoms with E-state index in [0.29, 0.717) is 6.42 Å². The van der Waals surface area contributed by atoms with Gasteiger partial charge in [-0.05, 0) is 38.8 Å². The van der Waals surface area contributed by atoms with Gasteiger partial charge < -0.3 is 9.42 Å². The van der Waals surface area contributed by atoms with Crippen LogP contribution in [0.15, 0.2) is 22.7 Å². The molecule has 1 atom stereocenters. The SMILES string of the molecule is Cc1cc([C@@H]2CCCN2C(=O)Cc2ccc(C)s2)no1. The maximum absolute atomic E-state index is 12.5. The molecule has 0 saturated carbocycles. The molecule has 1 fully saturated rings. The number of carbonyl (C=O) groups is 1. The molecule has 0 radical (unpaired) electrons. The smallest absolute Gasteiger partial charge is 0.228 e. The molecule has 0 aliphatic carbocycles. The molecule has 2 aromatic rings. The van der Waals surface area contributed by atoms with Gasteiger partial charge in [-0.3, -0.25) is 4.79 Å². The minimum Gasteiger partial charge on any atom is -0.361 e. The van der Waals surface area contributed by atoms with E-state index >= 15 is 0 Å². The van der Waals surface area contributed by atoms with Crippen molar-refractivity contribution >= 4 is 17.2 Å². The summed E-state index contributed by atoms with van der Waals surface area (Å²) in [6, 6.07) is 6.13. The fourth-order valence-electron chi connectivity index (χ4n) is 2.75. The predicted molar refractivity (Wildman–Crippen MR) is 77.7 cm³/mol. The molecule has 0 aromatic carbocycles. The normalized spacial score (nSPS) is 18.7. The number of hydrogen-bond acceptors (Lipinski definition) is 4. The van der Waals surface area contributed by atoms with Gasteiger partial charge >= 0.3 is 0 Å². The van der Waals surface area contributed by atoms with Gasteiger partial charge in [0.25, 0.3) is 0 Å². The topological polar surface area (TPSA) is 46.3 Å². The highest BCUT2D eigenvalue weighted by Crippen LogP contribution is 2.32. The highest BCUT2D eigenvalue weighted by atomic mass is 32.1. The van der Waals surface area contributed by atoms with E-state index in [0.717, 1.165) is 35.7 Å². The van der Waals surface area contributed by atoms with Crippen molar-refractivity contribution in [1.82, 2.24) is 10.1 Å². The van der Waals surface area contributed by atoms with Crippen molar-refractivity contribution in [3.05, 3.63) is 39.4 Å². The second-order valence-corrected chi connectivity index (χ2v) is 6.67. The van der Waals surface area contributed by atoms with Crippen molar-refractivity contribution in [1.29, 1.82) is 0 Å². The number of carbonyl (C=O) groups excluding carboxylic acids is 1. The third-order valence-corrected chi connectivity index (χ3v) is 4.68. The predicted octanol–water partition coefficient (Wildman–Crippen LogP) is 3.26. The molecule has 106 valence electrons. The molecule has 0 N–H and O–H groups in total. The van der Waals surface area contributed by atoms with Gasteiger partial charge in [-0.15, -0.1) is 11.3 Å². The zero-order valence-corrected chi connectivity index (χ0v) is 12.6. The van der Waals surface area contributed by atoms with Crippen molar-refractivity contribution in [2.75, 3.05) is 6.54 Å². The summed E-state index contributed by atoms with van der Waals surface area (Å²) in [6.07, 6.45) is 2.50. The van der Waals surface area contributed by atoms with Crippen LogP contribution in [-0.2, 0) is 11.2 Å². The number of likely N-dealkylation sites (tertiary alicyclic amines) is 1. The summed E-state index contributed by atoms with van der Waals surface area (Å²) in [5.41, 5.74) is 0.885. The Morgan fingerprint density at radius 3 is 3.00 bits per heavy atom. The molecule has 1 amide bonds. The summed E-state index contributed by atoms with van der Waals surface area (Å²) in [5.74, 6) is 0.989. The van der Waals surface area contributed by atoms with Crippen LogP contribution in [0.4, 0.5) is 0 Å². The van der Waals surface area contributed by atoms with E-state index in [-0.39, 0.29) is 11.9 Å². The zero-order chi connectivity index (χ0) is 14.1. The molecular weight excluding hydrogens is 272 g/mol. The summed E-state index contributed by atoms with van der Waals surface area (Å²) in [4.78, 5) is 16.8. The lowest BCUT2D eigenvalue weighted by atomic mass is 10.1. The molecule has 4 nitrogen and oxygen atoms in total. The van der Waals surface area contributed by atoms with Crippen LogP contribution in [0.25, 0.3) is 0 Å². The number of aromatic nitrogens is 1. The summed E-state index contributed by atoms with van der Waals surface area (Å²) < 4.78 is 5.14. The van der Waals surface area contributed by atoms with Gasteiger partial charge in [0.05, 0.1) is 12.5 Å². The number of hydrogen-bond donors (Lipinski definition) is 0. The quantitative estimate of drug-likeness (QED) is 0.871. The zero-order valence-electron chi connectivity index (χ0n) is 11.8. The molecule has 1 aliphatic rings. The highest BCUT2D eigenvalue weighted by molar-refractivity contribution is 7.12. The summed E-state index contributed by atoms with van der Waals surface area (Å²) >= 11 is 1.69. The van der Waals surface area contributed by atoms with E-state index in [1.807, 2.05) is 24.0 Å². The minimum atomic E-state index is 0.0843. The summed E-state index contributed by atoms with van der Waals surface area (Å²) in [5, 5.41) is 4.08. The largest absolute Gasteiger partial charge is 0.361 e. The van der Waals surface area contributed by atoms with E-state index in [1.165, 1.54) is 4.88 Å². The van der Waals surface area contributed by atoms with E-state index < -0.39 is 0 Å². The van der Waals surface area contributed by atoms with Gasteiger partial charge in [-0.25, -0.2) is 0 Å².